The number of rotatable bonds is 4. The summed E-state index contributed by atoms with van der Waals surface area (Å²) in [4.78, 5) is 4.49. The molecule has 0 bridgehead atoms. The van der Waals surface area contributed by atoms with Gasteiger partial charge < -0.3 is 11.1 Å². The number of benzene rings is 2. The molecule has 0 spiro atoms. The Morgan fingerprint density at radius 3 is 2.73 bits per heavy atom. The number of nitrogens with one attached hydrogen (secondary N) is 1. The fraction of sp³-hybridized carbons (Fsp3) is 0.105. The normalized spacial score (nSPS) is 14.4. The first-order valence-electron chi connectivity index (χ1n) is 7.38. The number of hydrogen-bond donors (Lipinski definition) is 2. The van der Waals surface area contributed by atoms with E-state index in [1.807, 2.05) is 36.5 Å². The van der Waals surface area contributed by atoms with Crippen molar-refractivity contribution < 1.29 is 0 Å². The highest BCUT2D eigenvalue weighted by Crippen LogP contribution is 2.18. The van der Waals surface area contributed by atoms with E-state index in [1.54, 1.807) is 0 Å². The predicted molar refractivity (Wildman–Crippen MR) is 92.4 cm³/mol. The number of nitrogens with two attached hydrogens (primary N) is 1. The molecule has 2 aromatic rings. The zero-order valence-electron chi connectivity index (χ0n) is 12.4. The van der Waals surface area contributed by atoms with Crippen molar-refractivity contribution in [2.24, 2.45) is 10.7 Å². The summed E-state index contributed by atoms with van der Waals surface area (Å²) >= 11 is 0. The summed E-state index contributed by atoms with van der Waals surface area (Å²) in [5, 5.41) is 3.22. The minimum Gasteiger partial charge on any atom is -0.387 e. The summed E-state index contributed by atoms with van der Waals surface area (Å²) in [6.07, 6.45) is 6.25. The van der Waals surface area contributed by atoms with Crippen LogP contribution in [0.3, 0.4) is 0 Å². The molecular weight excluding hydrogens is 270 g/mol. The van der Waals surface area contributed by atoms with Gasteiger partial charge in [0.15, 0.2) is 0 Å². The molecule has 0 unspecified atom stereocenters. The number of nitrogens with zero attached hydrogens (tertiary/aromatic N) is 1. The molecule has 0 saturated carbocycles. The molecule has 0 fully saturated rings. The average Bonchev–Trinajstić information content (AvgIpc) is 2.61. The Balaban J connectivity index is 1.79. The summed E-state index contributed by atoms with van der Waals surface area (Å²) in [6.45, 7) is 1.48. The van der Waals surface area contributed by atoms with Crippen LogP contribution >= 0.6 is 0 Å². The van der Waals surface area contributed by atoms with Gasteiger partial charge >= 0.3 is 0 Å². The van der Waals surface area contributed by atoms with E-state index >= 15 is 0 Å². The lowest BCUT2D eigenvalue weighted by molar-refractivity contribution is 0.976. The second kappa shape index (κ2) is 6.76. The molecule has 1 heterocycles. The van der Waals surface area contributed by atoms with Crippen molar-refractivity contribution in [3.8, 4) is 0 Å². The molecule has 1 aliphatic rings. The minimum atomic E-state index is 0.569. The maximum absolute atomic E-state index is 6.14. The summed E-state index contributed by atoms with van der Waals surface area (Å²) in [5.74, 6) is 0.569. The van der Waals surface area contributed by atoms with Crippen LogP contribution in [0.15, 0.2) is 77.9 Å². The van der Waals surface area contributed by atoms with Crippen LogP contribution in [0, 0.1) is 0 Å². The molecule has 0 radical (unpaired) electrons. The Hall–Kier alpha value is -2.81. The van der Waals surface area contributed by atoms with Gasteiger partial charge in [-0.05, 0) is 22.8 Å². The topological polar surface area (TPSA) is 50.4 Å². The van der Waals surface area contributed by atoms with Crippen LogP contribution in [0.1, 0.15) is 16.7 Å². The van der Waals surface area contributed by atoms with Gasteiger partial charge in [-0.15, -0.1) is 0 Å². The Morgan fingerprint density at radius 2 is 1.95 bits per heavy atom. The molecule has 0 aliphatic carbocycles. The van der Waals surface area contributed by atoms with Gasteiger partial charge in [-0.25, -0.2) is 0 Å². The second-order valence-corrected chi connectivity index (χ2v) is 5.18. The maximum Gasteiger partial charge on any atom is 0.125 e. The molecule has 3 heteroatoms. The molecular formula is C19H19N3. The van der Waals surface area contributed by atoms with Crippen LogP contribution in [0.5, 0.6) is 0 Å². The number of allylic oxidation sites excluding steroid dienone is 2. The van der Waals surface area contributed by atoms with Crippen LogP contribution in [-0.2, 0) is 6.54 Å². The zero-order valence-corrected chi connectivity index (χ0v) is 12.4. The molecule has 2 aromatic carbocycles. The highest BCUT2D eigenvalue weighted by atomic mass is 14.8. The Bertz CT molecular complexity index is 727. The van der Waals surface area contributed by atoms with E-state index in [1.165, 1.54) is 0 Å². The third-order valence-electron chi connectivity index (χ3n) is 3.56. The average molecular weight is 289 g/mol. The van der Waals surface area contributed by atoms with Crippen LogP contribution in [0.2, 0.25) is 0 Å². The molecule has 3 rings (SSSR count). The van der Waals surface area contributed by atoms with Gasteiger partial charge in [0.2, 0.25) is 0 Å². The lowest BCUT2D eigenvalue weighted by Crippen LogP contribution is -2.14. The van der Waals surface area contributed by atoms with Crippen molar-refractivity contribution in [1.29, 1.82) is 0 Å². The number of hydrogen-bond acceptors (Lipinski definition) is 2. The molecule has 0 saturated heterocycles. The quantitative estimate of drug-likeness (QED) is 0.671. The monoisotopic (exact) mass is 289 g/mol. The van der Waals surface area contributed by atoms with Gasteiger partial charge in [0, 0.05) is 18.3 Å². The summed E-state index contributed by atoms with van der Waals surface area (Å²) in [5.41, 5.74) is 10.5. The summed E-state index contributed by atoms with van der Waals surface area (Å²) in [7, 11) is 0. The fourth-order valence-corrected chi connectivity index (χ4v) is 2.36. The van der Waals surface area contributed by atoms with E-state index in [4.69, 9.17) is 5.73 Å². The van der Waals surface area contributed by atoms with Crippen molar-refractivity contribution in [1.82, 2.24) is 5.32 Å². The first-order chi connectivity index (χ1) is 10.8. The Labute approximate surface area is 130 Å². The minimum absolute atomic E-state index is 0.569. The molecule has 110 valence electrons. The Kier molecular flexibility index (Phi) is 4.35. The fourth-order valence-electron chi connectivity index (χ4n) is 2.36. The van der Waals surface area contributed by atoms with E-state index in [0.717, 1.165) is 28.8 Å². The van der Waals surface area contributed by atoms with Crippen molar-refractivity contribution in [2.75, 3.05) is 6.54 Å². The highest BCUT2D eigenvalue weighted by Gasteiger charge is 2.04. The summed E-state index contributed by atoms with van der Waals surface area (Å²) < 4.78 is 0. The van der Waals surface area contributed by atoms with E-state index in [-0.39, 0.29) is 0 Å². The molecule has 3 nitrogen and oxygen atoms in total. The second-order valence-electron chi connectivity index (χ2n) is 5.18. The van der Waals surface area contributed by atoms with Gasteiger partial charge in [0.1, 0.15) is 5.84 Å². The zero-order chi connectivity index (χ0) is 15.2. The van der Waals surface area contributed by atoms with E-state index in [2.05, 4.69) is 46.7 Å². The summed E-state index contributed by atoms with van der Waals surface area (Å²) in [6, 6.07) is 18.3. The van der Waals surface area contributed by atoms with Gasteiger partial charge in [0.05, 0.1) is 6.54 Å². The SMILES string of the molecule is NC(=NCc1ccccc1)c1cccc(C2=CNCC=C2)c1. The molecule has 0 aromatic heterocycles. The van der Waals surface area contributed by atoms with Gasteiger partial charge in [-0.3, -0.25) is 4.99 Å². The van der Waals surface area contributed by atoms with Gasteiger partial charge in [-0.2, -0.15) is 0 Å². The molecule has 0 atom stereocenters. The van der Waals surface area contributed by atoms with Gasteiger partial charge in [0.25, 0.3) is 0 Å². The van der Waals surface area contributed by atoms with E-state index < -0.39 is 0 Å². The van der Waals surface area contributed by atoms with Crippen LogP contribution in [0.4, 0.5) is 0 Å². The third-order valence-corrected chi connectivity index (χ3v) is 3.56. The smallest absolute Gasteiger partial charge is 0.125 e. The van der Waals surface area contributed by atoms with Crippen LogP contribution < -0.4 is 11.1 Å². The van der Waals surface area contributed by atoms with Crippen LogP contribution in [0.25, 0.3) is 5.57 Å². The van der Waals surface area contributed by atoms with Crippen molar-refractivity contribution in [3.63, 3.8) is 0 Å². The van der Waals surface area contributed by atoms with E-state index in [9.17, 15) is 0 Å². The van der Waals surface area contributed by atoms with Gasteiger partial charge in [-0.1, -0.05) is 60.7 Å². The highest BCUT2D eigenvalue weighted by molar-refractivity contribution is 5.98. The third kappa shape index (κ3) is 3.44. The van der Waals surface area contributed by atoms with E-state index in [0.29, 0.717) is 12.4 Å². The van der Waals surface area contributed by atoms with Crippen molar-refractivity contribution in [2.45, 2.75) is 6.54 Å². The Morgan fingerprint density at radius 1 is 1.09 bits per heavy atom. The molecule has 22 heavy (non-hydrogen) atoms. The molecule has 0 amide bonds. The number of amidine groups is 1. The van der Waals surface area contributed by atoms with Crippen molar-refractivity contribution in [3.05, 3.63) is 89.6 Å². The van der Waals surface area contributed by atoms with Crippen molar-refractivity contribution >= 4 is 11.4 Å². The first-order valence-corrected chi connectivity index (χ1v) is 7.38. The predicted octanol–water partition coefficient (Wildman–Crippen LogP) is 3.09. The number of dihydropyridines is 1. The number of aliphatic imine (C=N–C) groups is 1. The molecule has 1 aliphatic heterocycles. The largest absolute Gasteiger partial charge is 0.387 e. The standard InChI is InChI=1S/C19H19N3/c20-19(22-13-15-6-2-1-3-7-15)17-9-4-8-16(12-17)18-10-5-11-21-14-18/h1-10,12,14,21H,11,13H2,(H2,20,22). The van der Waals surface area contributed by atoms with Crippen LogP contribution in [-0.4, -0.2) is 12.4 Å². The first kappa shape index (κ1) is 14.1. The lowest BCUT2D eigenvalue weighted by atomic mass is 10.0. The maximum atomic E-state index is 6.14. The molecule has 3 N–H and O–H groups in total. The lowest BCUT2D eigenvalue weighted by Gasteiger charge is -2.10.